The molecule has 1 aliphatic rings. The van der Waals surface area contributed by atoms with Crippen LogP contribution in [0.3, 0.4) is 0 Å². The number of halogens is 1. The van der Waals surface area contributed by atoms with E-state index in [1.54, 1.807) is 11.3 Å². The molecule has 0 unspecified atom stereocenters. The van der Waals surface area contributed by atoms with Crippen molar-refractivity contribution < 1.29 is 0 Å². The van der Waals surface area contributed by atoms with Crippen molar-refractivity contribution in [3.63, 3.8) is 0 Å². The lowest BCUT2D eigenvalue weighted by atomic mass is 9.68. The highest BCUT2D eigenvalue weighted by molar-refractivity contribution is 9.10. The fourth-order valence-electron chi connectivity index (χ4n) is 2.15. The molecule has 84 valence electrons. The van der Waals surface area contributed by atoms with Gasteiger partial charge < -0.3 is 10.6 Å². The molecule has 2 nitrogen and oxygen atoms in total. The van der Waals surface area contributed by atoms with E-state index >= 15 is 0 Å². The molecular formula is C11H17BrN2S. The Balaban J connectivity index is 1.86. The Morgan fingerprint density at radius 1 is 1.47 bits per heavy atom. The van der Waals surface area contributed by atoms with E-state index in [2.05, 4.69) is 38.0 Å². The summed E-state index contributed by atoms with van der Waals surface area (Å²) in [5.41, 5.74) is 0.505. The van der Waals surface area contributed by atoms with Crippen LogP contribution < -0.4 is 10.6 Å². The lowest BCUT2D eigenvalue weighted by molar-refractivity contribution is 0.151. The van der Waals surface area contributed by atoms with Gasteiger partial charge in [0.1, 0.15) is 0 Å². The quantitative estimate of drug-likeness (QED) is 0.869. The van der Waals surface area contributed by atoms with Gasteiger partial charge in [0, 0.05) is 28.4 Å². The number of hydrogen-bond acceptors (Lipinski definition) is 3. The van der Waals surface area contributed by atoms with Crippen molar-refractivity contribution in [3.8, 4) is 0 Å². The summed E-state index contributed by atoms with van der Waals surface area (Å²) in [7, 11) is 2.04. The Morgan fingerprint density at radius 2 is 2.27 bits per heavy atom. The van der Waals surface area contributed by atoms with Crippen molar-refractivity contribution >= 4 is 32.3 Å². The van der Waals surface area contributed by atoms with Gasteiger partial charge in [-0.05, 0) is 41.9 Å². The summed E-state index contributed by atoms with van der Waals surface area (Å²) >= 11 is 5.24. The first-order valence-electron chi connectivity index (χ1n) is 5.37. The highest BCUT2D eigenvalue weighted by atomic mass is 79.9. The molecule has 0 radical (unpaired) electrons. The minimum absolute atomic E-state index is 0.505. The first-order valence-corrected chi connectivity index (χ1v) is 7.04. The van der Waals surface area contributed by atoms with Crippen LogP contribution in [0.25, 0.3) is 0 Å². The largest absolute Gasteiger partial charge is 0.376 e. The van der Waals surface area contributed by atoms with Crippen LogP contribution in [0.1, 0.15) is 19.3 Å². The Hall–Kier alpha value is -0.0600. The van der Waals surface area contributed by atoms with Crippen LogP contribution in [0.15, 0.2) is 15.9 Å². The van der Waals surface area contributed by atoms with Crippen LogP contribution in [-0.4, -0.2) is 20.1 Å². The third-order valence-corrected chi connectivity index (χ3v) is 4.82. The predicted molar refractivity (Wildman–Crippen MR) is 70.7 cm³/mol. The van der Waals surface area contributed by atoms with Gasteiger partial charge >= 0.3 is 0 Å². The highest BCUT2D eigenvalue weighted by Gasteiger charge is 2.35. The van der Waals surface area contributed by atoms with E-state index in [-0.39, 0.29) is 0 Å². The van der Waals surface area contributed by atoms with Crippen LogP contribution >= 0.6 is 27.3 Å². The molecule has 1 aliphatic carbocycles. The zero-order chi connectivity index (χ0) is 10.7. The normalized spacial score (nSPS) is 18.5. The maximum Gasteiger partial charge on any atom is 0.0894 e. The van der Waals surface area contributed by atoms with Crippen molar-refractivity contribution in [1.82, 2.24) is 5.32 Å². The summed E-state index contributed by atoms with van der Waals surface area (Å²) in [6, 6.07) is 2.15. The number of thiophene rings is 1. The molecule has 0 spiro atoms. The fraction of sp³-hybridized carbons (Fsp3) is 0.636. The zero-order valence-corrected chi connectivity index (χ0v) is 11.4. The molecule has 0 bridgehead atoms. The maximum absolute atomic E-state index is 3.54. The first kappa shape index (κ1) is 11.4. The lowest BCUT2D eigenvalue weighted by Crippen LogP contribution is -2.43. The molecular weight excluding hydrogens is 272 g/mol. The van der Waals surface area contributed by atoms with Gasteiger partial charge in [-0.25, -0.2) is 0 Å². The molecule has 1 heterocycles. The second-order valence-electron chi connectivity index (χ2n) is 4.37. The molecule has 1 aromatic heterocycles. The standard InChI is InChI=1S/C11H17BrN2S/c1-13-7-11(3-2-4-11)8-14-10-5-9(12)6-15-10/h5-6,13-14H,2-4,7-8H2,1H3. The van der Waals surface area contributed by atoms with E-state index in [0.29, 0.717) is 5.41 Å². The summed E-state index contributed by atoms with van der Waals surface area (Å²) in [4.78, 5) is 0. The van der Waals surface area contributed by atoms with Crippen LogP contribution in [0, 0.1) is 5.41 Å². The predicted octanol–water partition coefficient (Wildman–Crippen LogP) is 3.31. The van der Waals surface area contributed by atoms with Crippen molar-refractivity contribution in [2.75, 3.05) is 25.5 Å². The fourth-order valence-corrected chi connectivity index (χ4v) is 3.47. The SMILES string of the molecule is CNCC1(CNc2cc(Br)cs2)CCC1. The van der Waals surface area contributed by atoms with E-state index in [4.69, 9.17) is 0 Å². The van der Waals surface area contributed by atoms with Gasteiger partial charge in [0.2, 0.25) is 0 Å². The van der Waals surface area contributed by atoms with E-state index in [0.717, 1.165) is 13.1 Å². The third-order valence-electron chi connectivity index (χ3n) is 3.17. The highest BCUT2D eigenvalue weighted by Crippen LogP contribution is 2.40. The number of nitrogens with one attached hydrogen (secondary N) is 2. The number of rotatable bonds is 5. The summed E-state index contributed by atoms with van der Waals surface area (Å²) in [6.07, 6.45) is 4.10. The summed E-state index contributed by atoms with van der Waals surface area (Å²) < 4.78 is 1.17. The zero-order valence-electron chi connectivity index (χ0n) is 8.98. The summed E-state index contributed by atoms with van der Waals surface area (Å²) in [5.74, 6) is 0. The molecule has 2 N–H and O–H groups in total. The van der Waals surface area contributed by atoms with Crippen LogP contribution in [0.4, 0.5) is 5.00 Å². The third kappa shape index (κ3) is 2.74. The van der Waals surface area contributed by atoms with Crippen molar-refractivity contribution in [2.45, 2.75) is 19.3 Å². The molecule has 0 aromatic carbocycles. The van der Waals surface area contributed by atoms with E-state index < -0.39 is 0 Å². The second-order valence-corrected chi connectivity index (χ2v) is 6.19. The van der Waals surface area contributed by atoms with E-state index in [1.165, 1.54) is 28.7 Å². The maximum atomic E-state index is 3.54. The molecule has 0 atom stereocenters. The Kier molecular flexibility index (Phi) is 3.69. The monoisotopic (exact) mass is 288 g/mol. The molecule has 0 amide bonds. The van der Waals surface area contributed by atoms with Crippen LogP contribution in [0.5, 0.6) is 0 Å². The lowest BCUT2D eigenvalue weighted by Gasteiger charge is -2.42. The molecule has 15 heavy (non-hydrogen) atoms. The Labute approximate surface area is 104 Å². The van der Waals surface area contributed by atoms with Crippen molar-refractivity contribution in [1.29, 1.82) is 0 Å². The van der Waals surface area contributed by atoms with Gasteiger partial charge in [0.15, 0.2) is 0 Å². The van der Waals surface area contributed by atoms with Gasteiger partial charge in [-0.3, -0.25) is 0 Å². The minimum Gasteiger partial charge on any atom is -0.376 e. The number of hydrogen-bond donors (Lipinski definition) is 2. The molecule has 0 saturated heterocycles. The average Bonchev–Trinajstić information content (AvgIpc) is 2.56. The molecule has 4 heteroatoms. The van der Waals surface area contributed by atoms with Gasteiger partial charge in [0.25, 0.3) is 0 Å². The van der Waals surface area contributed by atoms with Crippen LogP contribution in [0.2, 0.25) is 0 Å². The van der Waals surface area contributed by atoms with Gasteiger partial charge in [-0.2, -0.15) is 0 Å². The van der Waals surface area contributed by atoms with Gasteiger partial charge in [-0.1, -0.05) is 6.42 Å². The second kappa shape index (κ2) is 4.85. The van der Waals surface area contributed by atoms with Crippen molar-refractivity contribution in [2.24, 2.45) is 5.41 Å². The Bertz CT molecular complexity index is 320. The van der Waals surface area contributed by atoms with Crippen molar-refractivity contribution in [3.05, 3.63) is 15.9 Å². The van der Waals surface area contributed by atoms with Crippen LogP contribution in [-0.2, 0) is 0 Å². The van der Waals surface area contributed by atoms with E-state index in [1.807, 2.05) is 7.05 Å². The molecule has 2 rings (SSSR count). The summed E-state index contributed by atoms with van der Waals surface area (Å²) in [6.45, 7) is 2.23. The average molecular weight is 289 g/mol. The number of anilines is 1. The summed E-state index contributed by atoms with van der Waals surface area (Å²) in [5, 5.41) is 10.2. The molecule has 1 saturated carbocycles. The molecule has 1 fully saturated rings. The minimum atomic E-state index is 0.505. The van der Waals surface area contributed by atoms with E-state index in [9.17, 15) is 0 Å². The van der Waals surface area contributed by atoms with Gasteiger partial charge in [-0.15, -0.1) is 11.3 Å². The smallest absolute Gasteiger partial charge is 0.0894 e. The van der Waals surface area contributed by atoms with Gasteiger partial charge in [0.05, 0.1) is 5.00 Å². The molecule has 1 aromatic rings. The first-order chi connectivity index (χ1) is 7.24. The Morgan fingerprint density at radius 3 is 2.73 bits per heavy atom. The topological polar surface area (TPSA) is 24.1 Å². The molecule has 0 aliphatic heterocycles.